The van der Waals surface area contributed by atoms with E-state index in [0.717, 1.165) is 38.5 Å². The topological polar surface area (TPSA) is 60.9 Å². The van der Waals surface area contributed by atoms with Crippen LogP contribution in [-0.2, 0) is 10.2 Å². The van der Waals surface area contributed by atoms with Crippen molar-refractivity contribution in [3.63, 3.8) is 0 Å². The SMILES string of the molecule is CN(C)S(=O)(=O)N1CCCCC1C1CCCC1O. The van der Waals surface area contributed by atoms with Gasteiger partial charge in [-0.1, -0.05) is 12.8 Å². The maximum absolute atomic E-state index is 12.3. The van der Waals surface area contributed by atoms with Crippen molar-refractivity contribution in [2.24, 2.45) is 5.92 Å². The van der Waals surface area contributed by atoms with Crippen LogP contribution in [0.1, 0.15) is 38.5 Å². The van der Waals surface area contributed by atoms with Gasteiger partial charge < -0.3 is 5.11 Å². The fraction of sp³-hybridized carbons (Fsp3) is 1.00. The van der Waals surface area contributed by atoms with Gasteiger partial charge in [0.05, 0.1) is 6.10 Å². The average Bonchev–Trinajstić information content (AvgIpc) is 2.75. The first kappa shape index (κ1) is 14.2. The molecule has 1 aliphatic carbocycles. The Balaban J connectivity index is 2.21. The molecule has 2 rings (SSSR count). The van der Waals surface area contributed by atoms with Crippen molar-refractivity contribution in [2.75, 3.05) is 20.6 Å². The van der Waals surface area contributed by atoms with E-state index in [4.69, 9.17) is 0 Å². The van der Waals surface area contributed by atoms with E-state index in [2.05, 4.69) is 0 Å². The predicted molar refractivity (Wildman–Crippen MR) is 70.3 cm³/mol. The number of hydrogen-bond donors (Lipinski definition) is 1. The Morgan fingerprint density at radius 1 is 1.11 bits per heavy atom. The normalized spacial score (nSPS) is 35.2. The highest BCUT2D eigenvalue weighted by atomic mass is 32.2. The molecule has 0 bridgehead atoms. The van der Waals surface area contributed by atoms with E-state index in [0.29, 0.717) is 6.54 Å². The van der Waals surface area contributed by atoms with Crippen molar-refractivity contribution in [3.05, 3.63) is 0 Å². The molecule has 1 N–H and O–H groups in total. The summed E-state index contributed by atoms with van der Waals surface area (Å²) in [5, 5.41) is 10.0. The largest absolute Gasteiger partial charge is 0.393 e. The number of aliphatic hydroxyl groups is 1. The minimum atomic E-state index is -3.35. The van der Waals surface area contributed by atoms with E-state index in [1.165, 1.54) is 4.31 Å². The second-order valence-electron chi connectivity index (χ2n) is 5.63. The molecule has 2 aliphatic rings. The van der Waals surface area contributed by atoms with E-state index in [1.54, 1.807) is 18.4 Å². The van der Waals surface area contributed by atoms with Gasteiger partial charge in [0.25, 0.3) is 10.2 Å². The van der Waals surface area contributed by atoms with E-state index >= 15 is 0 Å². The van der Waals surface area contributed by atoms with Crippen LogP contribution in [0.2, 0.25) is 0 Å². The molecule has 0 amide bonds. The van der Waals surface area contributed by atoms with Gasteiger partial charge in [-0.3, -0.25) is 0 Å². The van der Waals surface area contributed by atoms with Crippen LogP contribution in [0.3, 0.4) is 0 Å². The molecular weight excluding hydrogens is 252 g/mol. The Labute approximate surface area is 110 Å². The van der Waals surface area contributed by atoms with Gasteiger partial charge in [0, 0.05) is 32.6 Å². The molecule has 3 unspecified atom stereocenters. The van der Waals surface area contributed by atoms with Crippen molar-refractivity contribution in [3.8, 4) is 0 Å². The summed E-state index contributed by atoms with van der Waals surface area (Å²) in [6, 6.07) is -0.0105. The van der Waals surface area contributed by atoms with Gasteiger partial charge in [0.1, 0.15) is 0 Å². The standard InChI is InChI=1S/C12H24N2O3S/c1-13(2)18(16,17)14-9-4-3-7-11(14)10-6-5-8-12(10)15/h10-12,15H,3-9H2,1-2H3. The smallest absolute Gasteiger partial charge is 0.281 e. The summed E-state index contributed by atoms with van der Waals surface area (Å²) in [6.45, 7) is 0.592. The summed E-state index contributed by atoms with van der Waals surface area (Å²) in [5.74, 6) is 0.125. The van der Waals surface area contributed by atoms with Crippen LogP contribution < -0.4 is 0 Å². The van der Waals surface area contributed by atoms with Crippen molar-refractivity contribution in [1.82, 2.24) is 8.61 Å². The first-order valence-corrected chi connectivity index (χ1v) is 8.21. The Hall–Kier alpha value is -0.170. The van der Waals surface area contributed by atoms with E-state index in [9.17, 15) is 13.5 Å². The molecule has 6 heteroatoms. The highest BCUT2D eigenvalue weighted by Crippen LogP contribution is 2.36. The maximum atomic E-state index is 12.3. The van der Waals surface area contributed by atoms with Crippen LogP contribution in [-0.4, -0.2) is 54.9 Å². The molecule has 3 atom stereocenters. The molecule has 1 saturated heterocycles. The molecule has 18 heavy (non-hydrogen) atoms. The molecule has 0 aromatic carbocycles. The Bertz CT molecular complexity index is 383. The van der Waals surface area contributed by atoms with Crippen molar-refractivity contribution >= 4 is 10.2 Å². The molecular formula is C12H24N2O3S. The van der Waals surface area contributed by atoms with E-state index in [-0.39, 0.29) is 18.1 Å². The zero-order valence-corrected chi connectivity index (χ0v) is 12.1. The molecule has 0 aromatic heterocycles. The number of nitrogens with zero attached hydrogens (tertiary/aromatic N) is 2. The van der Waals surface area contributed by atoms with Gasteiger partial charge in [0.15, 0.2) is 0 Å². The second-order valence-corrected chi connectivity index (χ2v) is 7.72. The monoisotopic (exact) mass is 276 g/mol. The summed E-state index contributed by atoms with van der Waals surface area (Å²) in [7, 11) is -0.203. The fourth-order valence-corrected chi connectivity index (χ4v) is 4.66. The fourth-order valence-electron chi connectivity index (χ4n) is 3.27. The minimum Gasteiger partial charge on any atom is -0.393 e. The Morgan fingerprint density at radius 2 is 1.83 bits per heavy atom. The van der Waals surface area contributed by atoms with Crippen LogP contribution in [0.5, 0.6) is 0 Å². The third-order valence-corrected chi connectivity index (χ3v) is 6.25. The van der Waals surface area contributed by atoms with Crippen LogP contribution in [0.4, 0.5) is 0 Å². The Kier molecular flexibility index (Phi) is 4.31. The molecule has 0 spiro atoms. The highest BCUT2D eigenvalue weighted by Gasteiger charge is 2.42. The molecule has 2 fully saturated rings. The second kappa shape index (κ2) is 5.45. The van der Waals surface area contributed by atoms with Crippen LogP contribution in [0.25, 0.3) is 0 Å². The molecule has 1 saturated carbocycles. The van der Waals surface area contributed by atoms with E-state index in [1.807, 2.05) is 0 Å². The molecule has 1 heterocycles. The lowest BCUT2D eigenvalue weighted by Crippen LogP contribution is -2.52. The number of piperidine rings is 1. The number of aliphatic hydroxyl groups excluding tert-OH is 1. The van der Waals surface area contributed by atoms with Crippen LogP contribution in [0, 0.1) is 5.92 Å². The zero-order valence-electron chi connectivity index (χ0n) is 11.2. The first-order valence-electron chi connectivity index (χ1n) is 6.82. The quantitative estimate of drug-likeness (QED) is 0.830. The van der Waals surface area contributed by atoms with Gasteiger partial charge >= 0.3 is 0 Å². The summed E-state index contributed by atoms with van der Waals surface area (Å²) < 4.78 is 27.6. The predicted octanol–water partition coefficient (Wildman–Crippen LogP) is 0.808. The molecule has 0 aromatic rings. The van der Waals surface area contributed by atoms with Crippen LogP contribution in [0.15, 0.2) is 0 Å². The van der Waals surface area contributed by atoms with Gasteiger partial charge in [-0.05, 0) is 25.7 Å². The zero-order chi connectivity index (χ0) is 13.3. The molecule has 5 nitrogen and oxygen atoms in total. The minimum absolute atomic E-state index is 0.0105. The third-order valence-electron chi connectivity index (χ3n) is 4.28. The third kappa shape index (κ3) is 2.57. The summed E-state index contributed by atoms with van der Waals surface area (Å²) in [6.07, 6.45) is 5.32. The van der Waals surface area contributed by atoms with Crippen molar-refractivity contribution in [2.45, 2.75) is 50.7 Å². The van der Waals surface area contributed by atoms with Gasteiger partial charge in [-0.15, -0.1) is 0 Å². The van der Waals surface area contributed by atoms with Gasteiger partial charge in [-0.25, -0.2) is 0 Å². The lowest BCUT2D eigenvalue weighted by molar-refractivity contribution is 0.0704. The molecule has 0 radical (unpaired) electrons. The first-order chi connectivity index (χ1) is 8.44. The van der Waals surface area contributed by atoms with Crippen molar-refractivity contribution in [1.29, 1.82) is 0 Å². The van der Waals surface area contributed by atoms with Crippen LogP contribution >= 0.6 is 0 Å². The van der Waals surface area contributed by atoms with Gasteiger partial charge in [0.2, 0.25) is 0 Å². The summed E-state index contributed by atoms with van der Waals surface area (Å²) in [5.41, 5.74) is 0. The summed E-state index contributed by atoms with van der Waals surface area (Å²) in [4.78, 5) is 0. The number of hydrogen-bond acceptors (Lipinski definition) is 3. The summed E-state index contributed by atoms with van der Waals surface area (Å²) >= 11 is 0. The molecule has 1 aliphatic heterocycles. The number of rotatable bonds is 3. The van der Waals surface area contributed by atoms with Crippen molar-refractivity contribution < 1.29 is 13.5 Å². The Morgan fingerprint density at radius 3 is 2.39 bits per heavy atom. The maximum Gasteiger partial charge on any atom is 0.281 e. The van der Waals surface area contributed by atoms with E-state index < -0.39 is 10.2 Å². The molecule has 106 valence electrons. The highest BCUT2D eigenvalue weighted by molar-refractivity contribution is 7.86. The van der Waals surface area contributed by atoms with Gasteiger partial charge in [-0.2, -0.15) is 17.0 Å². The lowest BCUT2D eigenvalue weighted by Gasteiger charge is -2.40. The average molecular weight is 276 g/mol. The lowest BCUT2D eigenvalue weighted by atomic mass is 9.89.